The molecule has 19 heavy (non-hydrogen) atoms. The molecule has 5 nitrogen and oxygen atoms in total. The lowest BCUT2D eigenvalue weighted by Crippen LogP contribution is -2.46. The standard InChI is InChI=1S/C11H15ClN2O3S2/c1-18-5-4-8(10(15)16)14-11(17)13-6-7-2-3-9(12)19-7/h2-3,8H,4-6H2,1H3,(H,15,16)(H2,13,14,17)/t8-/m1/s1. The van der Waals surface area contributed by atoms with Crippen molar-refractivity contribution in [3.63, 3.8) is 0 Å². The van der Waals surface area contributed by atoms with Gasteiger partial charge in [-0.1, -0.05) is 11.6 Å². The SMILES string of the molecule is CSCC[C@@H](NC(=O)NCc1ccc(Cl)s1)C(=O)O. The third-order valence-electron chi connectivity index (χ3n) is 2.27. The first-order valence-corrected chi connectivity index (χ1v) is 8.12. The highest BCUT2D eigenvalue weighted by Crippen LogP contribution is 2.20. The van der Waals surface area contributed by atoms with Crippen LogP contribution in [0, 0.1) is 0 Å². The van der Waals surface area contributed by atoms with E-state index in [0.29, 0.717) is 23.1 Å². The van der Waals surface area contributed by atoms with Gasteiger partial charge in [0.2, 0.25) is 0 Å². The molecule has 0 fully saturated rings. The molecule has 0 saturated heterocycles. The van der Waals surface area contributed by atoms with Crippen LogP contribution >= 0.6 is 34.7 Å². The first-order chi connectivity index (χ1) is 9.02. The van der Waals surface area contributed by atoms with E-state index in [-0.39, 0.29) is 0 Å². The Morgan fingerprint density at radius 3 is 2.79 bits per heavy atom. The number of carbonyl (C=O) groups is 2. The van der Waals surface area contributed by atoms with Gasteiger partial charge < -0.3 is 15.7 Å². The number of hydrogen-bond donors (Lipinski definition) is 3. The molecular formula is C11H15ClN2O3S2. The van der Waals surface area contributed by atoms with Crippen LogP contribution in [0.3, 0.4) is 0 Å². The van der Waals surface area contributed by atoms with Crippen LogP contribution in [0.2, 0.25) is 4.34 Å². The second-order valence-electron chi connectivity index (χ2n) is 3.71. The van der Waals surface area contributed by atoms with Gasteiger partial charge in [-0.15, -0.1) is 11.3 Å². The molecule has 0 aliphatic heterocycles. The number of amides is 2. The van der Waals surface area contributed by atoms with E-state index in [1.807, 2.05) is 12.3 Å². The van der Waals surface area contributed by atoms with Gasteiger partial charge in [-0.25, -0.2) is 9.59 Å². The molecule has 0 unspecified atom stereocenters. The van der Waals surface area contributed by atoms with E-state index in [2.05, 4.69) is 10.6 Å². The van der Waals surface area contributed by atoms with Crippen molar-refractivity contribution in [2.24, 2.45) is 0 Å². The van der Waals surface area contributed by atoms with Gasteiger partial charge in [0.25, 0.3) is 0 Å². The predicted octanol–water partition coefficient (Wildman–Crippen LogP) is 2.41. The fourth-order valence-corrected chi connectivity index (χ4v) is 2.82. The Kier molecular flexibility index (Phi) is 7.04. The molecule has 0 aromatic carbocycles. The fraction of sp³-hybridized carbons (Fsp3) is 0.455. The molecule has 1 atom stereocenters. The van der Waals surface area contributed by atoms with Gasteiger partial charge in [-0.05, 0) is 30.6 Å². The topological polar surface area (TPSA) is 78.4 Å². The van der Waals surface area contributed by atoms with E-state index in [1.165, 1.54) is 23.1 Å². The minimum absolute atomic E-state index is 0.331. The molecule has 2 amide bonds. The van der Waals surface area contributed by atoms with Crippen LogP contribution in [0.25, 0.3) is 0 Å². The number of rotatable bonds is 7. The molecule has 3 N–H and O–H groups in total. The van der Waals surface area contributed by atoms with Gasteiger partial charge >= 0.3 is 12.0 Å². The summed E-state index contributed by atoms with van der Waals surface area (Å²) < 4.78 is 0.653. The third-order valence-corrected chi connectivity index (χ3v) is 4.14. The van der Waals surface area contributed by atoms with Crippen LogP contribution in [0.4, 0.5) is 4.79 Å². The maximum absolute atomic E-state index is 11.6. The second kappa shape index (κ2) is 8.29. The van der Waals surface area contributed by atoms with Crippen LogP contribution < -0.4 is 10.6 Å². The number of aliphatic carboxylic acids is 1. The highest BCUT2D eigenvalue weighted by molar-refractivity contribution is 7.98. The Labute approximate surface area is 124 Å². The van der Waals surface area contributed by atoms with Crippen molar-refractivity contribution in [3.05, 3.63) is 21.3 Å². The number of hydrogen-bond acceptors (Lipinski definition) is 4. The van der Waals surface area contributed by atoms with Crippen LogP contribution in [0.15, 0.2) is 12.1 Å². The van der Waals surface area contributed by atoms with Crippen molar-refractivity contribution in [2.45, 2.75) is 19.0 Å². The van der Waals surface area contributed by atoms with Gasteiger partial charge in [0.05, 0.1) is 10.9 Å². The number of carboxylic acids is 1. The van der Waals surface area contributed by atoms with Crippen molar-refractivity contribution in [3.8, 4) is 0 Å². The zero-order valence-corrected chi connectivity index (χ0v) is 12.7. The molecular weight excluding hydrogens is 308 g/mol. The lowest BCUT2D eigenvalue weighted by molar-refractivity contribution is -0.139. The molecule has 0 aliphatic carbocycles. The minimum Gasteiger partial charge on any atom is -0.480 e. The maximum atomic E-state index is 11.6. The van der Waals surface area contributed by atoms with Gasteiger partial charge in [0.15, 0.2) is 0 Å². The number of halogens is 1. The molecule has 8 heteroatoms. The Morgan fingerprint density at radius 2 is 2.26 bits per heavy atom. The van der Waals surface area contributed by atoms with E-state index in [1.54, 1.807) is 6.07 Å². The monoisotopic (exact) mass is 322 g/mol. The number of thioether (sulfide) groups is 1. The summed E-state index contributed by atoms with van der Waals surface area (Å²) in [6.07, 6.45) is 2.29. The third kappa shape index (κ3) is 6.17. The number of carboxylic acid groups (broad SMARTS) is 1. The number of urea groups is 1. The molecule has 1 rings (SSSR count). The molecule has 1 aromatic rings. The van der Waals surface area contributed by atoms with Crippen molar-refractivity contribution in [1.82, 2.24) is 10.6 Å². The van der Waals surface area contributed by atoms with Crippen molar-refractivity contribution >= 4 is 46.7 Å². The summed E-state index contributed by atoms with van der Waals surface area (Å²) in [4.78, 5) is 23.4. The second-order valence-corrected chi connectivity index (χ2v) is 6.49. The van der Waals surface area contributed by atoms with Crippen LogP contribution in [0.1, 0.15) is 11.3 Å². The maximum Gasteiger partial charge on any atom is 0.326 e. The van der Waals surface area contributed by atoms with Crippen LogP contribution in [-0.4, -0.2) is 35.2 Å². The van der Waals surface area contributed by atoms with Crippen molar-refractivity contribution < 1.29 is 14.7 Å². The minimum atomic E-state index is -1.02. The first kappa shape index (κ1) is 16.1. The summed E-state index contributed by atoms with van der Waals surface area (Å²) >= 11 is 8.68. The molecule has 1 aromatic heterocycles. The lowest BCUT2D eigenvalue weighted by Gasteiger charge is -2.14. The molecule has 0 radical (unpaired) electrons. The molecule has 0 aliphatic rings. The van der Waals surface area contributed by atoms with E-state index < -0.39 is 18.0 Å². The number of nitrogens with one attached hydrogen (secondary N) is 2. The van der Waals surface area contributed by atoms with Gasteiger partial charge in [0.1, 0.15) is 6.04 Å². The smallest absolute Gasteiger partial charge is 0.326 e. The molecule has 0 bridgehead atoms. The number of thiophene rings is 1. The van der Waals surface area contributed by atoms with Crippen molar-refractivity contribution in [2.75, 3.05) is 12.0 Å². The quantitative estimate of drug-likeness (QED) is 0.720. The van der Waals surface area contributed by atoms with E-state index in [4.69, 9.17) is 16.7 Å². The average molecular weight is 323 g/mol. The number of carbonyl (C=O) groups excluding carboxylic acids is 1. The van der Waals surface area contributed by atoms with Gasteiger partial charge in [-0.3, -0.25) is 0 Å². The molecule has 0 spiro atoms. The Bertz CT molecular complexity index is 439. The highest BCUT2D eigenvalue weighted by atomic mass is 35.5. The Morgan fingerprint density at radius 1 is 1.53 bits per heavy atom. The van der Waals surface area contributed by atoms with Crippen LogP contribution in [0.5, 0.6) is 0 Å². The first-order valence-electron chi connectivity index (χ1n) is 5.53. The molecule has 106 valence electrons. The van der Waals surface area contributed by atoms with Gasteiger partial charge in [0, 0.05) is 4.88 Å². The van der Waals surface area contributed by atoms with E-state index in [0.717, 1.165) is 4.88 Å². The summed E-state index contributed by atoms with van der Waals surface area (Å²) in [5.74, 6) is -0.346. The van der Waals surface area contributed by atoms with Crippen LogP contribution in [-0.2, 0) is 11.3 Å². The largest absolute Gasteiger partial charge is 0.480 e. The average Bonchev–Trinajstić information content (AvgIpc) is 2.77. The summed E-state index contributed by atoms with van der Waals surface area (Å²) in [6.45, 7) is 0.331. The highest BCUT2D eigenvalue weighted by Gasteiger charge is 2.19. The Hall–Kier alpha value is -0.920. The van der Waals surface area contributed by atoms with Gasteiger partial charge in [-0.2, -0.15) is 11.8 Å². The normalized spacial score (nSPS) is 11.9. The summed E-state index contributed by atoms with van der Waals surface area (Å²) in [7, 11) is 0. The van der Waals surface area contributed by atoms with E-state index in [9.17, 15) is 9.59 Å². The summed E-state index contributed by atoms with van der Waals surface area (Å²) in [5.41, 5.74) is 0. The van der Waals surface area contributed by atoms with E-state index >= 15 is 0 Å². The zero-order valence-electron chi connectivity index (χ0n) is 10.3. The van der Waals surface area contributed by atoms with Crippen molar-refractivity contribution in [1.29, 1.82) is 0 Å². The molecule has 0 saturated carbocycles. The summed E-state index contributed by atoms with van der Waals surface area (Å²) in [5, 5.41) is 14.0. The zero-order chi connectivity index (χ0) is 14.3. The fourth-order valence-electron chi connectivity index (χ4n) is 1.32. The molecule has 1 heterocycles. The summed E-state index contributed by atoms with van der Waals surface area (Å²) in [6, 6.07) is 2.22. The Balaban J connectivity index is 2.37. The lowest BCUT2D eigenvalue weighted by atomic mass is 10.2. The predicted molar refractivity (Wildman–Crippen MR) is 79.1 cm³/mol.